The Bertz CT molecular complexity index is 389. The molecule has 2 N–H and O–H groups in total. The van der Waals surface area contributed by atoms with Crippen molar-refractivity contribution >= 4 is 11.6 Å². The summed E-state index contributed by atoms with van der Waals surface area (Å²) in [5, 5.41) is 12.0. The molecule has 2 rings (SSSR count). The van der Waals surface area contributed by atoms with Crippen LogP contribution in [-0.2, 0) is 4.79 Å². The predicted octanol–water partition coefficient (Wildman–Crippen LogP) is 0.732. The molecule has 0 radical (unpaired) electrons. The topological polar surface area (TPSA) is 67.8 Å². The van der Waals surface area contributed by atoms with E-state index in [2.05, 4.69) is 5.32 Å². The number of phenolic OH excluding ortho intramolecular Hbond substituents is 1. The first-order valence-electron chi connectivity index (χ1n) is 4.04. The summed E-state index contributed by atoms with van der Waals surface area (Å²) in [6.45, 7) is -0.0290. The summed E-state index contributed by atoms with van der Waals surface area (Å²) in [5.74, 6) is 0.519. The molecule has 0 unspecified atom stereocenters. The Balaban J connectivity index is 2.46. The molecule has 1 aromatic rings. The van der Waals surface area contributed by atoms with Gasteiger partial charge in [-0.15, -0.1) is 0 Å². The highest BCUT2D eigenvalue weighted by Gasteiger charge is 2.18. The SMILES string of the molecule is COc1cc2c(cc1O)OCC(=O)N2. The average Bonchev–Trinajstić information content (AvgIpc) is 2.17. The molecule has 1 aliphatic heterocycles. The van der Waals surface area contributed by atoms with Crippen molar-refractivity contribution in [2.24, 2.45) is 0 Å². The molecule has 1 amide bonds. The van der Waals surface area contributed by atoms with Gasteiger partial charge in [0.2, 0.25) is 0 Å². The second-order valence-electron chi connectivity index (χ2n) is 2.86. The van der Waals surface area contributed by atoms with Gasteiger partial charge in [0.25, 0.3) is 5.91 Å². The van der Waals surface area contributed by atoms with Crippen molar-refractivity contribution in [2.45, 2.75) is 0 Å². The number of benzene rings is 1. The van der Waals surface area contributed by atoms with Gasteiger partial charge in [0, 0.05) is 12.1 Å². The molecule has 0 spiro atoms. The number of hydrogen-bond acceptors (Lipinski definition) is 4. The Hall–Kier alpha value is -1.91. The minimum Gasteiger partial charge on any atom is -0.504 e. The molecular formula is C9H9NO4. The number of amides is 1. The van der Waals surface area contributed by atoms with Crippen LogP contribution in [0.15, 0.2) is 12.1 Å². The molecule has 74 valence electrons. The van der Waals surface area contributed by atoms with Crippen LogP contribution < -0.4 is 14.8 Å². The van der Waals surface area contributed by atoms with Crippen LogP contribution in [0, 0.1) is 0 Å². The van der Waals surface area contributed by atoms with Crippen LogP contribution in [0.1, 0.15) is 0 Å². The average molecular weight is 195 g/mol. The third kappa shape index (κ3) is 1.32. The van der Waals surface area contributed by atoms with E-state index in [1.807, 2.05) is 0 Å². The maximum Gasteiger partial charge on any atom is 0.262 e. The van der Waals surface area contributed by atoms with E-state index in [9.17, 15) is 9.90 Å². The standard InChI is InChI=1S/C9H9NO4/c1-13-8-2-5-7(3-6(8)11)14-4-9(12)10-5/h2-3,11H,4H2,1H3,(H,10,12). The van der Waals surface area contributed by atoms with Gasteiger partial charge in [-0.25, -0.2) is 0 Å². The fourth-order valence-corrected chi connectivity index (χ4v) is 1.26. The van der Waals surface area contributed by atoms with Crippen LogP contribution >= 0.6 is 0 Å². The molecule has 0 bridgehead atoms. The minimum atomic E-state index is -0.217. The number of hydrogen-bond donors (Lipinski definition) is 2. The third-order valence-electron chi connectivity index (χ3n) is 1.91. The van der Waals surface area contributed by atoms with Crippen LogP contribution in [0.4, 0.5) is 5.69 Å². The zero-order valence-corrected chi connectivity index (χ0v) is 7.53. The van der Waals surface area contributed by atoms with Crippen LogP contribution in [-0.4, -0.2) is 24.7 Å². The number of phenols is 1. The second kappa shape index (κ2) is 3.10. The van der Waals surface area contributed by atoms with Crippen molar-refractivity contribution < 1.29 is 19.4 Å². The lowest BCUT2D eigenvalue weighted by Crippen LogP contribution is -2.25. The Kier molecular flexibility index (Phi) is 1.92. The maximum absolute atomic E-state index is 11.0. The molecule has 0 aromatic heterocycles. The van der Waals surface area contributed by atoms with E-state index in [4.69, 9.17) is 9.47 Å². The third-order valence-corrected chi connectivity index (χ3v) is 1.91. The highest BCUT2D eigenvalue weighted by atomic mass is 16.5. The zero-order valence-electron chi connectivity index (χ0n) is 7.53. The molecule has 5 heteroatoms. The molecule has 0 aliphatic carbocycles. The molecule has 1 heterocycles. The van der Waals surface area contributed by atoms with Gasteiger partial charge in [-0.1, -0.05) is 0 Å². The molecule has 0 fully saturated rings. The van der Waals surface area contributed by atoms with Gasteiger partial charge in [0.1, 0.15) is 5.75 Å². The molecule has 5 nitrogen and oxygen atoms in total. The molecule has 14 heavy (non-hydrogen) atoms. The van der Waals surface area contributed by atoms with Gasteiger partial charge in [0.05, 0.1) is 12.8 Å². The number of carbonyl (C=O) groups is 1. The Morgan fingerprint density at radius 2 is 2.36 bits per heavy atom. The number of ether oxygens (including phenoxy) is 2. The molecule has 1 aliphatic rings. The number of nitrogens with one attached hydrogen (secondary N) is 1. The summed E-state index contributed by atoms with van der Waals surface area (Å²) in [7, 11) is 1.44. The number of rotatable bonds is 1. The van der Waals surface area contributed by atoms with E-state index >= 15 is 0 Å². The zero-order chi connectivity index (χ0) is 10.1. The Morgan fingerprint density at radius 1 is 1.57 bits per heavy atom. The number of anilines is 1. The van der Waals surface area contributed by atoms with Gasteiger partial charge in [-0.2, -0.15) is 0 Å². The lowest BCUT2D eigenvalue weighted by Gasteiger charge is -2.18. The Morgan fingerprint density at radius 3 is 3.07 bits per heavy atom. The summed E-state index contributed by atoms with van der Waals surface area (Å²) in [6.07, 6.45) is 0. The highest BCUT2D eigenvalue weighted by molar-refractivity contribution is 5.95. The number of carbonyl (C=O) groups excluding carboxylic acids is 1. The fourth-order valence-electron chi connectivity index (χ4n) is 1.26. The van der Waals surface area contributed by atoms with Crippen molar-refractivity contribution in [3.05, 3.63) is 12.1 Å². The molecular weight excluding hydrogens is 186 g/mol. The monoisotopic (exact) mass is 195 g/mol. The van der Waals surface area contributed by atoms with Crippen molar-refractivity contribution in [3.63, 3.8) is 0 Å². The van der Waals surface area contributed by atoms with E-state index in [1.54, 1.807) is 0 Å². The quantitative estimate of drug-likeness (QED) is 0.648. The predicted molar refractivity (Wildman–Crippen MR) is 48.8 cm³/mol. The molecule has 0 atom stereocenters. The number of methoxy groups -OCH3 is 1. The van der Waals surface area contributed by atoms with E-state index in [1.165, 1.54) is 19.2 Å². The lowest BCUT2D eigenvalue weighted by molar-refractivity contribution is -0.118. The van der Waals surface area contributed by atoms with Crippen LogP contribution in [0.2, 0.25) is 0 Å². The van der Waals surface area contributed by atoms with Crippen LogP contribution in [0.3, 0.4) is 0 Å². The number of fused-ring (bicyclic) bond motifs is 1. The summed E-state index contributed by atoms with van der Waals surface area (Å²) in [5.41, 5.74) is 0.510. The van der Waals surface area contributed by atoms with Gasteiger partial charge >= 0.3 is 0 Å². The summed E-state index contributed by atoms with van der Waals surface area (Å²) in [6, 6.07) is 2.93. The first-order valence-corrected chi connectivity index (χ1v) is 4.04. The van der Waals surface area contributed by atoms with E-state index in [0.29, 0.717) is 17.2 Å². The summed E-state index contributed by atoms with van der Waals surface area (Å²) >= 11 is 0. The first kappa shape index (κ1) is 8.68. The van der Waals surface area contributed by atoms with Crippen molar-refractivity contribution in [2.75, 3.05) is 19.0 Å². The summed E-state index contributed by atoms with van der Waals surface area (Å²) in [4.78, 5) is 11.0. The first-order chi connectivity index (χ1) is 6.70. The van der Waals surface area contributed by atoms with Crippen LogP contribution in [0.5, 0.6) is 17.2 Å². The van der Waals surface area contributed by atoms with Crippen molar-refractivity contribution in [1.29, 1.82) is 0 Å². The van der Waals surface area contributed by atoms with E-state index in [-0.39, 0.29) is 18.3 Å². The van der Waals surface area contributed by atoms with Gasteiger partial charge in [0.15, 0.2) is 18.1 Å². The summed E-state index contributed by atoms with van der Waals surface area (Å²) < 4.78 is 9.98. The smallest absolute Gasteiger partial charge is 0.262 e. The largest absolute Gasteiger partial charge is 0.504 e. The van der Waals surface area contributed by atoms with E-state index < -0.39 is 0 Å². The van der Waals surface area contributed by atoms with Gasteiger partial charge in [-0.3, -0.25) is 4.79 Å². The van der Waals surface area contributed by atoms with Crippen LogP contribution in [0.25, 0.3) is 0 Å². The Labute approximate surface area is 80.3 Å². The van der Waals surface area contributed by atoms with Gasteiger partial charge < -0.3 is 19.9 Å². The van der Waals surface area contributed by atoms with Gasteiger partial charge in [-0.05, 0) is 0 Å². The minimum absolute atomic E-state index is 0.0117. The molecule has 0 saturated heterocycles. The van der Waals surface area contributed by atoms with Crippen molar-refractivity contribution in [3.8, 4) is 17.2 Å². The van der Waals surface area contributed by atoms with Crippen molar-refractivity contribution in [1.82, 2.24) is 0 Å². The normalized spacial score (nSPS) is 13.9. The molecule has 1 aromatic carbocycles. The maximum atomic E-state index is 11.0. The lowest BCUT2D eigenvalue weighted by atomic mass is 10.2. The van der Waals surface area contributed by atoms with E-state index in [0.717, 1.165) is 0 Å². The molecule has 0 saturated carbocycles. The fraction of sp³-hybridized carbons (Fsp3) is 0.222. The second-order valence-corrected chi connectivity index (χ2v) is 2.86. The highest BCUT2D eigenvalue weighted by Crippen LogP contribution is 2.38. The number of aromatic hydroxyl groups is 1.